The summed E-state index contributed by atoms with van der Waals surface area (Å²) in [6.07, 6.45) is 8.89. The number of hydrogen-bond donors (Lipinski definition) is 1. The van der Waals surface area contributed by atoms with E-state index in [2.05, 4.69) is 34.6 Å². The normalized spacial score (nSPS) is 20.6. The largest absolute Gasteiger partial charge is 0.462 e. The molecule has 0 unspecified atom stereocenters. The molecule has 0 bridgehead atoms. The Balaban J connectivity index is 2.50. The highest BCUT2D eigenvalue weighted by Crippen LogP contribution is 2.40. The third kappa shape index (κ3) is 8.93. The van der Waals surface area contributed by atoms with Crippen LogP contribution in [0.5, 0.6) is 0 Å². The summed E-state index contributed by atoms with van der Waals surface area (Å²) in [6, 6.07) is 0. The minimum absolute atomic E-state index is 0.0760. The van der Waals surface area contributed by atoms with Crippen LogP contribution in [-0.4, -0.2) is 45.5 Å². The fourth-order valence-electron chi connectivity index (χ4n) is 4.12. The third-order valence-electron chi connectivity index (χ3n) is 5.13. The van der Waals surface area contributed by atoms with Crippen molar-refractivity contribution in [2.75, 3.05) is 6.61 Å². The molecule has 1 N–H and O–H groups in total. The lowest BCUT2D eigenvalue weighted by molar-refractivity contribution is -0.306. The molecular weight excluding hydrogens is 342 g/mol. The van der Waals surface area contributed by atoms with E-state index in [1.807, 2.05) is 5.06 Å². The first-order valence-corrected chi connectivity index (χ1v) is 10.7. The van der Waals surface area contributed by atoms with Gasteiger partial charge < -0.3 is 9.84 Å². The molecule has 1 saturated heterocycles. The van der Waals surface area contributed by atoms with Crippen LogP contribution in [0.3, 0.4) is 0 Å². The van der Waals surface area contributed by atoms with Gasteiger partial charge in [-0.05, 0) is 48.0 Å². The highest BCUT2D eigenvalue weighted by atomic mass is 16.7. The van der Waals surface area contributed by atoms with Crippen molar-refractivity contribution in [1.82, 2.24) is 5.06 Å². The van der Waals surface area contributed by atoms with Gasteiger partial charge in [-0.25, -0.2) is 0 Å². The molecule has 27 heavy (non-hydrogen) atoms. The number of rotatable bonds is 11. The summed E-state index contributed by atoms with van der Waals surface area (Å²) < 4.78 is 5.81. The Hall–Kier alpha value is -0.650. The molecule has 5 heteroatoms. The summed E-state index contributed by atoms with van der Waals surface area (Å²) in [4.78, 5) is 18.2. The van der Waals surface area contributed by atoms with Crippen molar-refractivity contribution >= 4 is 5.97 Å². The van der Waals surface area contributed by atoms with Crippen LogP contribution in [0.4, 0.5) is 0 Å². The molecule has 0 amide bonds. The fraction of sp³-hybridized carbons (Fsp3) is 0.955. The minimum Gasteiger partial charge on any atom is -0.462 e. The summed E-state index contributed by atoms with van der Waals surface area (Å²) in [5, 5.41) is 12.0. The van der Waals surface area contributed by atoms with Gasteiger partial charge in [0.1, 0.15) is 6.10 Å². The number of carbonyl (C=O) groups is 1. The second-order valence-electron chi connectivity index (χ2n) is 10.0. The van der Waals surface area contributed by atoms with Crippen LogP contribution in [0.1, 0.15) is 106 Å². The van der Waals surface area contributed by atoms with E-state index in [0.717, 1.165) is 25.7 Å². The average molecular weight is 386 g/mol. The fourth-order valence-corrected chi connectivity index (χ4v) is 4.12. The molecular formula is C22H43NO4. The van der Waals surface area contributed by atoms with E-state index >= 15 is 0 Å². The standard InChI is InChI=1S/C22H43NO4/c1-8-9-10-11-12-13-14-19(24)27-18-15-20(2,3)23(21(4,5)16-18)26-17-22(6,7)25/h18,25H,8-17H2,1-7H3. The predicted molar refractivity (Wildman–Crippen MR) is 109 cm³/mol. The van der Waals surface area contributed by atoms with E-state index in [4.69, 9.17) is 9.57 Å². The first-order valence-electron chi connectivity index (χ1n) is 10.7. The van der Waals surface area contributed by atoms with Gasteiger partial charge in [-0.2, -0.15) is 5.06 Å². The van der Waals surface area contributed by atoms with Crippen molar-refractivity contribution in [2.24, 2.45) is 0 Å². The summed E-state index contributed by atoms with van der Waals surface area (Å²) in [6.45, 7) is 14.3. The molecule has 0 saturated carbocycles. The van der Waals surface area contributed by atoms with Crippen LogP contribution in [-0.2, 0) is 14.4 Å². The number of hydrogen-bond acceptors (Lipinski definition) is 5. The number of piperidine rings is 1. The van der Waals surface area contributed by atoms with E-state index < -0.39 is 5.60 Å². The Bertz CT molecular complexity index is 436. The van der Waals surface area contributed by atoms with Crippen molar-refractivity contribution in [3.63, 3.8) is 0 Å². The average Bonchev–Trinajstić information content (AvgIpc) is 2.47. The van der Waals surface area contributed by atoms with Gasteiger partial charge in [0.15, 0.2) is 0 Å². The van der Waals surface area contributed by atoms with Gasteiger partial charge in [-0.15, -0.1) is 0 Å². The molecule has 0 radical (unpaired) electrons. The van der Waals surface area contributed by atoms with Crippen molar-refractivity contribution < 1.29 is 19.5 Å². The number of nitrogens with zero attached hydrogens (tertiary/aromatic N) is 1. The highest BCUT2D eigenvalue weighted by Gasteiger charge is 2.48. The second kappa shape index (κ2) is 10.2. The number of unbranched alkanes of at least 4 members (excludes halogenated alkanes) is 5. The summed E-state index contributed by atoms with van der Waals surface area (Å²) in [7, 11) is 0. The Morgan fingerprint density at radius 3 is 2.07 bits per heavy atom. The topological polar surface area (TPSA) is 59.0 Å². The smallest absolute Gasteiger partial charge is 0.306 e. The monoisotopic (exact) mass is 385 g/mol. The molecule has 1 heterocycles. The number of aliphatic hydroxyl groups is 1. The first-order chi connectivity index (χ1) is 12.4. The van der Waals surface area contributed by atoms with Crippen LogP contribution in [0.25, 0.3) is 0 Å². The van der Waals surface area contributed by atoms with Crippen LogP contribution in [0, 0.1) is 0 Å². The third-order valence-corrected chi connectivity index (χ3v) is 5.13. The summed E-state index contributed by atoms with van der Waals surface area (Å²) in [5.74, 6) is -0.0760. The van der Waals surface area contributed by atoms with E-state index in [1.165, 1.54) is 25.7 Å². The zero-order chi connectivity index (χ0) is 20.7. The molecule has 160 valence electrons. The van der Waals surface area contributed by atoms with Crippen LogP contribution in [0.15, 0.2) is 0 Å². The number of hydroxylamine groups is 2. The zero-order valence-corrected chi connectivity index (χ0v) is 18.8. The van der Waals surface area contributed by atoms with Crippen LogP contribution >= 0.6 is 0 Å². The van der Waals surface area contributed by atoms with Gasteiger partial charge in [-0.1, -0.05) is 39.0 Å². The molecule has 1 aliphatic heterocycles. The lowest BCUT2D eigenvalue weighted by Gasteiger charge is -2.53. The second-order valence-corrected chi connectivity index (χ2v) is 10.0. The van der Waals surface area contributed by atoms with Crippen molar-refractivity contribution in [3.8, 4) is 0 Å². The number of ether oxygens (including phenoxy) is 1. The molecule has 0 aromatic carbocycles. The number of esters is 1. The Labute approximate surface area is 166 Å². The zero-order valence-electron chi connectivity index (χ0n) is 18.8. The molecule has 5 nitrogen and oxygen atoms in total. The van der Waals surface area contributed by atoms with Gasteiger partial charge in [0, 0.05) is 30.3 Å². The van der Waals surface area contributed by atoms with E-state index in [1.54, 1.807) is 13.8 Å². The lowest BCUT2D eigenvalue weighted by atomic mass is 9.80. The van der Waals surface area contributed by atoms with Crippen LogP contribution in [0.2, 0.25) is 0 Å². The van der Waals surface area contributed by atoms with E-state index in [0.29, 0.717) is 6.42 Å². The predicted octanol–water partition coefficient (Wildman–Crippen LogP) is 5.00. The van der Waals surface area contributed by atoms with Crippen LogP contribution < -0.4 is 0 Å². The molecule has 0 aromatic heterocycles. The number of carbonyl (C=O) groups excluding carboxylic acids is 1. The lowest BCUT2D eigenvalue weighted by Crippen LogP contribution is -2.62. The van der Waals surface area contributed by atoms with Gasteiger partial charge in [0.2, 0.25) is 0 Å². The Kier molecular flexibility index (Phi) is 9.23. The Morgan fingerprint density at radius 2 is 1.56 bits per heavy atom. The minimum atomic E-state index is -0.882. The van der Waals surface area contributed by atoms with Gasteiger partial charge in [0.05, 0.1) is 12.2 Å². The first kappa shape index (κ1) is 24.4. The van der Waals surface area contributed by atoms with Gasteiger partial charge in [0.25, 0.3) is 0 Å². The molecule has 1 rings (SSSR count). The van der Waals surface area contributed by atoms with Gasteiger partial charge >= 0.3 is 5.97 Å². The van der Waals surface area contributed by atoms with Crippen molar-refractivity contribution in [1.29, 1.82) is 0 Å². The van der Waals surface area contributed by atoms with Gasteiger partial charge in [-0.3, -0.25) is 9.63 Å². The molecule has 0 spiro atoms. The maximum Gasteiger partial charge on any atom is 0.306 e. The quantitative estimate of drug-likeness (QED) is 0.400. The van der Waals surface area contributed by atoms with Crippen molar-refractivity contribution in [3.05, 3.63) is 0 Å². The highest BCUT2D eigenvalue weighted by molar-refractivity contribution is 5.69. The summed E-state index contributed by atoms with van der Waals surface area (Å²) >= 11 is 0. The maximum atomic E-state index is 12.3. The van der Waals surface area contributed by atoms with E-state index in [-0.39, 0.29) is 29.8 Å². The molecule has 0 atom stereocenters. The molecule has 0 aliphatic carbocycles. The molecule has 1 fully saturated rings. The Morgan fingerprint density at radius 1 is 1.04 bits per heavy atom. The molecule has 1 aliphatic rings. The maximum absolute atomic E-state index is 12.3. The SMILES string of the molecule is CCCCCCCCC(=O)OC1CC(C)(C)N(OCC(C)(C)O)C(C)(C)C1. The van der Waals surface area contributed by atoms with E-state index in [9.17, 15) is 9.90 Å². The molecule has 0 aromatic rings. The summed E-state index contributed by atoms with van der Waals surface area (Å²) in [5.41, 5.74) is -1.44. The van der Waals surface area contributed by atoms with Crippen molar-refractivity contribution in [2.45, 2.75) is 129 Å².